The van der Waals surface area contributed by atoms with Gasteiger partial charge in [0.1, 0.15) is 0 Å². The fourth-order valence-electron chi connectivity index (χ4n) is 1.05. The summed E-state index contributed by atoms with van der Waals surface area (Å²) < 4.78 is 19.7. The molecular weight excluding hydrogens is 192 g/mol. The van der Waals surface area contributed by atoms with Gasteiger partial charge in [-0.1, -0.05) is 20.8 Å². The van der Waals surface area contributed by atoms with E-state index in [4.69, 9.17) is 9.37 Å². The van der Waals surface area contributed by atoms with Crippen LogP contribution in [-0.4, -0.2) is 22.3 Å². The van der Waals surface area contributed by atoms with Gasteiger partial charge < -0.3 is 9.37 Å². The highest BCUT2D eigenvalue weighted by atomic mass is 28.4. The molecule has 0 aliphatic rings. The van der Waals surface area contributed by atoms with Gasteiger partial charge in [-0.15, -0.1) is 0 Å². The summed E-state index contributed by atoms with van der Waals surface area (Å²) in [4.78, 5) is 8.42. The Labute approximate surface area is 75.5 Å². The molecule has 0 radical (unpaired) electrons. The van der Waals surface area contributed by atoms with Crippen molar-refractivity contribution in [2.45, 2.75) is 38.9 Å². The summed E-state index contributed by atoms with van der Waals surface area (Å²) in [6.45, 7) is 6.07. The maximum Gasteiger partial charge on any atom is 0.797 e. The van der Waals surface area contributed by atoms with Gasteiger partial charge in [-0.05, 0) is 18.1 Å². The topological polar surface area (TPSA) is 55.8 Å². The van der Waals surface area contributed by atoms with Gasteiger partial charge in [0.25, 0.3) is 8.32 Å². The lowest BCUT2D eigenvalue weighted by molar-refractivity contribution is -0.139. The lowest BCUT2D eigenvalue weighted by atomic mass is 10.9. The van der Waals surface area contributed by atoms with Gasteiger partial charge in [-0.25, -0.2) is 0 Å². The van der Waals surface area contributed by atoms with Crippen LogP contribution >= 0.6 is 0 Å². The van der Waals surface area contributed by atoms with Gasteiger partial charge in [-0.2, -0.15) is 0 Å². The third kappa shape index (κ3) is 3.46. The van der Waals surface area contributed by atoms with Crippen LogP contribution in [0, 0.1) is 0 Å². The molecule has 0 aromatic heterocycles. The Balaban J connectivity index is 4.01. The van der Waals surface area contributed by atoms with E-state index in [9.17, 15) is 4.46 Å². The van der Waals surface area contributed by atoms with Crippen LogP contribution in [0.4, 0.5) is 0 Å². The quantitative estimate of drug-likeness (QED) is 0.407. The van der Waals surface area contributed by atoms with Crippen LogP contribution in [0.2, 0.25) is 18.1 Å². The monoisotopic (exact) mass is 208 g/mol. The van der Waals surface area contributed by atoms with Crippen molar-refractivity contribution >= 4 is 17.5 Å². The van der Waals surface area contributed by atoms with Crippen molar-refractivity contribution in [3.05, 3.63) is 0 Å². The number of rotatable bonds is 6. The van der Waals surface area contributed by atoms with Crippen molar-refractivity contribution in [1.82, 2.24) is 0 Å². The summed E-state index contributed by atoms with van der Waals surface area (Å²) in [5, 5.41) is 0. The smallest absolute Gasteiger partial charge is 0.510 e. The lowest BCUT2D eigenvalue weighted by Crippen LogP contribution is -2.36. The molecule has 0 rings (SSSR count). The number of hydrogen-bond acceptors (Lipinski definition) is 3. The average molecular weight is 208 g/mol. The first-order valence-corrected chi connectivity index (χ1v) is 7.98. The molecule has 0 unspecified atom stereocenters. The van der Waals surface area contributed by atoms with Crippen molar-refractivity contribution < 1.29 is 18.4 Å². The Morgan fingerprint density at radius 1 is 1.25 bits per heavy atom. The van der Waals surface area contributed by atoms with Crippen LogP contribution in [0.3, 0.4) is 0 Å². The molecule has 0 bridgehead atoms. The summed E-state index contributed by atoms with van der Waals surface area (Å²) in [6, 6.07) is 2.74. The Morgan fingerprint density at radius 2 is 1.67 bits per heavy atom. The highest BCUT2D eigenvalue weighted by Crippen LogP contribution is 2.21. The molecule has 6 heteroatoms. The molecule has 0 spiro atoms. The molecule has 0 saturated heterocycles. The van der Waals surface area contributed by atoms with Gasteiger partial charge in [0, 0.05) is 0 Å². The molecule has 0 saturated carbocycles. The van der Waals surface area contributed by atoms with E-state index in [1.165, 1.54) is 0 Å². The van der Waals surface area contributed by atoms with Crippen molar-refractivity contribution in [3.8, 4) is 0 Å². The molecule has 0 heterocycles. The van der Waals surface area contributed by atoms with E-state index in [2.05, 4.69) is 4.58 Å². The molecule has 1 N–H and O–H groups in total. The second-order valence-corrected chi connectivity index (χ2v) is 8.03. The largest absolute Gasteiger partial charge is 0.797 e. The van der Waals surface area contributed by atoms with E-state index in [1.54, 1.807) is 0 Å². The van der Waals surface area contributed by atoms with E-state index in [-0.39, 0.29) is 0 Å². The minimum Gasteiger partial charge on any atom is -0.510 e. The third-order valence-electron chi connectivity index (χ3n) is 2.22. The Kier molecular flexibility index (Phi) is 5.35. The summed E-state index contributed by atoms with van der Waals surface area (Å²) in [5.41, 5.74) is 0. The Morgan fingerprint density at radius 3 is 1.92 bits per heavy atom. The van der Waals surface area contributed by atoms with Crippen LogP contribution < -0.4 is 0 Å². The van der Waals surface area contributed by atoms with E-state index in [0.29, 0.717) is 0 Å². The maximum atomic E-state index is 10.3. The molecule has 0 aromatic carbocycles. The van der Waals surface area contributed by atoms with Crippen LogP contribution in [0.5, 0.6) is 0 Å². The van der Waals surface area contributed by atoms with Crippen LogP contribution in [0.25, 0.3) is 0 Å². The molecule has 72 valence electrons. The average Bonchev–Trinajstić information content (AvgIpc) is 2.08. The van der Waals surface area contributed by atoms with E-state index >= 15 is 0 Å². The van der Waals surface area contributed by atoms with Crippen LogP contribution in [-0.2, 0) is 13.6 Å². The highest BCUT2D eigenvalue weighted by Gasteiger charge is 2.32. The van der Waals surface area contributed by atoms with Gasteiger partial charge in [-0.3, -0.25) is 9.04 Å². The second-order valence-electron chi connectivity index (χ2n) is 2.68. The summed E-state index contributed by atoms with van der Waals surface area (Å²) in [5.74, 6) is 0. The van der Waals surface area contributed by atoms with Crippen molar-refractivity contribution in [3.63, 3.8) is 0 Å². The fraction of sp³-hybridized carbons (Fsp3) is 1.00. The van der Waals surface area contributed by atoms with Gasteiger partial charge in [0.2, 0.25) is 0 Å². The predicted molar refractivity (Wildman–Crippen MR) is 48.0 cm³/mol. The summed E-state index contributed by atoms with van der Waals surface area (Å²) in [7, 11) is -4.77. The zero-order valence-corrected chi connectivity index (χ0v) is 9.79. The molecule has 0 amide bonds. The van der Waals surface area contributed by atoms with Gasteiger partial charge in [0.05, 0.1) is 0 Å². The molecule has 0 fully saturated rings. The van der Waals surface area contributed by atoms with Crippen molar-refractivity contribution in [2.24, 2.45) is 0 Å². The zero-order valence-electron chi connectivity index (χ0n) is 7.79. The van der Waals surface area contributed by atoms with E-state index in [1.807, 2.05) is 20.8 Å². The second kappa shape index (κ2) is 5.44. The molecule has 0 atom stereocenters. The van der Waals surface area contributed by atoms with E-state index < -0.39 is 17.5 Å². The lowest BCUT2D eigenvalue weighted by Gasteiger charge is -2.24. The summed E-state index contributed by atoms with van der Waals surface area (Å²) >= 11 is 0. The van der Waals surface area contributed by atoms with Crippen molar-refractivity contribution in [2.75, 3.05) is 0 Å². The minimum atomic E-state index is -2.93. The van der Waals surface area contributed by atoms with Crippen molar-refractivity contribution in [1.29, 1.82) is 0 Å². The summed E-state index contributed by atoms with van der Waals surface area (Å²) in [6.07, 6.45) is 0. The third-order valence-corrected chi connectivity index (χ3v) is 6.92. The molecule has 12 heavy (non-hydrogen) atoms. The first-order valence-electron chi connectivity index (χ1n) is 4.18. The maximum absolute atomic E-state index is 10.3. The Bertz CT molecular complexity index is 138. The minimum absolute atomic E-state index is 0.912. The molecule has 0 aliphatic heterocycles. The first-order chi connectivity index (χ1) is 5.60. The molecule has 0 aliphatic carbocycles. The predicted octanol–water partition coefficient (Wildman–Crippen LogP) is 1.35. The van der Waals surface area contributed by atoms with Crippen LogP contribution in [0.15, 0.2) is 0 Å². The fourth-order valence-corrected chi connectivity index (χ4v) is 3.90. The first kappa shape index (κ1) is 11.8. The number of hydrogen-bond donors (Lipinski definition) is 1. The standard InChI is InChI=1S/C6H16O4Si2/c1-4-12(5-2,6-3)10-9-11(7)8/h7H,4-6H2,1-3H3. The normalized spacial score (nSPS) is 11.2. The highest BCUT2D eigenvalue weighted by molar-refractivity contribution is 6.73. The van der Waals surface area contributed by atoms with Gasteiger partial charge in [0.15, 0.2) is 0 Å². The van der Waals surface area contributed by atoms with Gasteiger partial charge >= 0.3 is 9.17 Å². The van der Waals surface area contributed by atoms with E-state index in [0.717, 1.165) is 18.1 Å². The molecule has 4 nitrogen and oxygen atoms in total. The molecule has 0 aromatic rings. The zero-order chi connectivity index (χ0) is 9.61. The van der Waals surface area contributed by atoms with Crippen LogP contribution in [0.1, 0.15) is 20.8 Å². The molecular formula is C6H16O4Si2. The SMILES string of the molecule is CC[Si](CC)(CC)OO[Si](=O)O. The Hall–Kier alpha value is -0.206.